The maximum Gasteiger partial charge on any atom is 0.327 e. The van der Waals surface area contributed by atoms with Crippen molar-refractivity contribution in [2.75, 3.05) is 18.2 Å². The largest absolute Gasteiger partial charge is 0.480 e. The molecule has 1 atom stereocenters. The van der Waals surface area contributed by atoms with Gasteiger partial charge in [-0.2, -0.15) is 0 Å². The van der Waals surface area contributed by atoms with Crippen molar-refractivity contribution >= 4 is 23.8 Å². The summed E-state index contributed by atoms with van der Waals surface area (Å²) < 4.78 is 0. The van der Waals surface area contributed by atoms with Crippen molar-refractivity contribution in [2.45, 2.75) is 33.7 Å². The summed E-state index contributed by atoms with van der Waals surface area (Å²) in [6.45, 7) is 9.43. The Hall–Kier alpha value is -0.910. The van der Waals surface area contributed by atoms with Crippen molar-refractivity contribution < 1.29 is 14.7 Å². The van der Waals surface area contributed by atoms with Crippen LogP contribution in [-0.2, 0) is 4.79 Å². The molecule has 5 nitrogen and oxygen atoms in total. The number of amides is 2. The summed E-state index contributed by atoms with van der Waals surface area (Å²) in [4.78, 5) is 24.5. The maximum atomic E-state index is 12.1. The number of hydrogen-bond acceptors (Lipinski definition) is 3. The smallest absolute Gasteiger partial charge is 0.327 e. The van der Waals surface area contributed by atoms with Crippen molar-refractivity contribution in [3.8, 4) is 0 Å². The van der Waals surface area contributed by atoms with Gasteiger partial charge in [-0.15, -0.1) is 11.8 Å². The Morgan fingerprint density at radius 3 is 2.37 bits per heavy atom. The molecule has 19 heavy (non-hydrogen) atoms. The van der Waals surface area contributed by atoms with E-state index in [9.17, 15) is 9.59 Å². The van der Waals surface area contributed by atoms with Crippen molar-refractivity contribution in [3.05, 3.63) is 0 Å². The van der Waals surface area contributed by atoms with Gasteiger partial charge in [0.15, 0.2) is 0 Å². The van der Waals surface area contributed by atoms with Gasteiger partial charge in [-0.3, -0.25) is 0 Å². The predicted octanol–water partition coefficient (Wildman–Crippen LogP) is 1.84. The normalized spacial score (nSPS) is 28.2. The average molecular weight is 286 g/mol. The third-order valence-electron chi connectivity index (χ3n) is 5.21. The van der Waals surface area contributed by atoms with E-state index in [1.54, 1.807) is 0 Å². The molecule has 2 aliphatic rings. The van der Waals surface area contributed by atoms with Crippen molar-refractivity contribution in [3.63, 3.8) is 0 Å². The fourth-order valence-corrected chi connectivity index (χ4v) is 4.13. The molecule has 1 heterocycles. The van der Waals surface area contributed by atoms with E-state index in [1.165, 1.54) is 16.7 Å². The van der Waals surface area contributed by atoms with E-state index < -0.39 is 12.0 Å². The van der Waals surface area contributed by atoms with Crippen LogP contribution >= 0.6 is 11.8 Å². The Labute approximate surface area is 118 Å². The molecule has 2 fully saturated rings. The lowest BCUT2D eigenvalue weighted by Gasteiger charge is -2.21. The molecular weight excluding hydrogens is 264 g/mol. The van der Waals surface area contributed by atoms with Crippen LogP contribution in [0.25, 0.3) is 0 Å². The third kappa shape index (κ3) is 2.30. The van der Waals surface area contributed by atoms with Crippen molar-refractivity contribution in [2.24, 2.45) is 16.7 Å². The lowest BCUT2D eigenvalue weighted by molar-refractivity contribution is -0.140. The highest BCUT2D eigenvalue weighted by molar-refractivity contribution is 7.99. The zero-order chi connectivity index (χ0) is 14.4. The summed E-state index contributed by atoms with van der Waals surface area (Å²) in [5.74, 6) is 0.457. The summed E-state index contributed by atoms with van der Waals surface area (Å²) in [6.07, 6.45) is 0. The minimum atomic E-state index is -0.924. The van der Waals surface area contributed by atoms with Gasteiger partial charge in [0.2, 0.25) is 0 Å². The highest BCUT2D eigenvalue weighted by Gasteiger charge is 2.64. The third-order valence-corrected chi connectivity index (χ3v) is 6.22. The number of nitrogens with one attached hydrogen (secondary N) is 1. The van der Waals surface area contributed by atoms with E-state index in [-0.39, 0.29) is 16.9 Å². The number of thioether (sulfide) groups is 1. The van der Waals surface area contributed by atoms with Gasteiger partial charge >= 0.3 is 12.0 Å². The minimum absolute atomic E-state index is 0.228. The van der Waals surface area contributed by atoms with Gasteiger partial charge in [-0.25, -0.2) is 9.59 Å². The summed E-state index contributed by atoms with van der Waals surface area (Å²) >= 11 is 1.48. The van der Waals surface area contributed by atoms with Gasteiger partial charge in [0.1, 0.15) is 6.04 Å². The maximum absolute atomic E-state index is 12.1. The Kier molecular flexibility index (Phi) is 3.49. The van der Waals surface area contributed by atoms with Gasteiger partial charge in [0, 0.05) is 12.3 Å². The fraction of sp³-hybridized carbons (Fsp3) is 0.846. The van der Waals surface area contributed by atoms with E-state index >= 15 is 0 Å². The first kappa shape index (κ1) is 14.5. The summed E-state index contributed by atoms with van der Waals surface area (Å²) in [6, 6.07) is -0.943. The highest BCUT2D eigenvalue weighted by atomic mass is 32.2. The number of hydrogen-bond donors (Lipinski definition) is 2. The topological polar surface area (TPSA) is 69.6 Å². The van der Waals surface area contributed by atoms with Gasteiger partial charge in [-0.1, -0.05) is 27.7 Å². The molecule has 2 N–H and O–H groups in total. The number of carboxylic acid groups (broad SMARTS) is 1. The predicted molar refractivity (Wildman–Crippen MR) is 75.0 cm³/mol. The number of carbonyl (C=O) groups excluding carboxylic acids is 1. The quantitative estimate of drug-likeness (QED) is 0.830. The van der Waals surface area contributed by atoms with E-state index in [0.717, 1.165) is 0 Å². The molecule has 1 saturated heterocycles. The Bertz CT molecular complexity index is 395. The molecule has 0 bridgehead atoms. The van der Waals surface area contributed by atoms with Gasteiger partial charge in [-0.05, 0) is 16.7 Å². The molecule has 0 spiro atoms. The number of carboxylic acids is 1. The molecule has 0 aromatic carbocycles. The first-order valence-corrected chi connectivity index (χ1v) is 7.70. The molecule has 6 heteroatoms. The Morgan fingerprint density at radius 1 is 1.32 bits per heavy atom. The second-order valence-corrected chi connectivity index (χ2v) is 7.51. The number of nitrogens with zero attached hydrogens (tertiary/aromatic N) is 1. The molecule has 1 saturated carbocycles. The zero-order valence-corrected chi connectivity index (χ0v) is 12.7. The summed E-state index contributed by atoms with van der Waals surface area (Å²) in [7, 11) is 0. The first-order chi connectivity index (χ1) is 8.69. The monoisotopic (exact) mass is 286 g/mol. The van der Waals surface area contributed by atoms with Crippen LogP contribution in [0.1, 0.15) is 27.7 Å². The second-order valence-electron chi connectivity index (χ2n) is 6.51. The van der Waals surface area contributed by atoms with E-state index in [2.05, 4.69) is 33.0 Å². The van der Waals surface area contributed by atoms with E-state index in [1.807, 2.05) is 0 Å². The average Bonchev–Trinajstić information content (AvgIpc) is 2.72. The lowest BCUT2D eigenvalue weighted by atomic mass is 10.0. The molecule has 0 unspecified atom stereocenters. The van der Waals surface area contributed by atoms with Crippen molar-refractivity contribution in [1.29, 1.82) is 0 Å². The Morgan fingerprint density at radius 2 is 1.89 bits per heavy atom. The molecule has 1 aliphatic heterocycles. The van der Waals surface area contributed by atoms with Crippen LogP contribution < -0.4 is 5.32 Å². The van der Waals surface area contributed by atoms with Gasteiger partial charge < -0.3 is 15.3 Å². The molecule has 2 rings (SSSR count). The molecule has 2 amide bonds. The second kappa shape index (κ2) is 4.58. The SMILES string of the molecule is CC1(C)C(CNC(=O)N2CSC[C@H]2C(=O)O)C1(C)C. The number of rotatable bonds is 3. The van der Waals surface area contributed by atoms with Crippen LogP contribution in [0.15, 0.2) is 0 Å². The zero-order valence-electron chi connectivity index (χ0n) is 11.9. The van der Waals surface area contributed by atoms with Crippen molar-refractivity contribution in [1.82, 2.24) is 10.2 Å². The van der Waals surface area contributed by atoms with Crippen LogP contribution in [-0.4, -0.2) is 46.2 Å². The summed E-state index contributed by atoms with van der Waals surface area (Å²) in [5, 5.41) is 11.9. The summed E-state index contributed by atoms with van der Waals surface area (Å²) in [5.41, 5.74) is 0.457. The molecule has 0 aromatic rings. The van der Waals surface area contributed by atoms with E-state index in [4.69, 9.17) is 5.11 Å². The standard InChI is InChI=1S/C13H22N2O3S/c1-12(2)9(13(12,3)4)5-14-11(18)15-7-19-6-8(15)10(16)17/h8-9H,5-7H2,1-4H3,(H,14,18)(H,16,17)/t8-/m0/s1. The first-order valence-electron chi connectivity index (χ1n) is 6.54. The van der Waals surface area contributed by atoms with Crippen LogP contribution in [0.5, 0.6) is 0 Å². The van der Waals surface area contributed by atoms with Gasteiger partial charge in [0.25, 0.3) is 0 Å². The van der Waals surface area contributed by atoms with E-state index in [0.29, 0.717) is 24.1 Å². The Balaban J connectivity index is 1.88. The van der Waals surface area contributed by atoms with Crippen LogP contribution in [0.2, 0.25) is 0 Å². The molecule has 0 aromatic heterocycles. The van der Waals surface area contributed by atoms with Crippen LogP contribution in [0, 0.1) is 16.7 Å². The lowest BCUT2D eigenvalue weighted by Crippen LogP contribution is -2.47. The minimum Gasteiger partial charge on any atom is -0.480 e. The number of carbonyl (C=O) groups is 2. The van der Waals surface area contributed by atoms with Crippen LogP contribution in [0.3, 0.4) is 0 Å². The number of urea groups is 1. The number of aliphatic carboxylic acids is 1. The molecular formula is C13H22N2O3S. The molecule has 0 radical (unpaired) electrons. The fourth-order valence-electron chi connectivity index (χ4n) is 2.98. The highest BCUT2D eigenvalue weighted by Crippen LogP contribution is 2.67. The molecule has 108 valence electrons. The molecule has 1 aliphatic carbocycles. The van der Waals surface area contributed by atoms with Crippen LogP contribution in [0.4, 0.5) is 4.79 Å². The van der Waals surface area contributed by atoms with Gasteiger partial charge in [0.05, 0.1) is 5.88 Å².